The summed E-state index contributed by atoms with van der Waals surface area (Å²) in [6, 6.07) is 0. The van der Waals surface area contributed by atoms with Crippen LogP contribution >= 0.6 is 11.2 Å². The average molecular weight is 258 g/mol. The molecule has 94 valence electrons. The standard InChI is InChI=1S/C13H27NSSi/c1-16(2,3)15-12-8-4-7-11-14-13-9-5-6-10-13/h4-12H2,1-3H3. The molecule has 0 bridgehead atoms. The maximum absolute atomic E-state index is 4.69. The lowest BCUT2D eigenvalue weighted by molar-refractivity contribution is 0.732. The lowest BCUT2D eigenvalue weighted by Crippen LogP contribution is -2.14. The molecule has 1 aliphatic rings. The lowest BCUT2D eigenvalue weighted by Gasteiger charge is -2.14. The van der Waals surface area contributed by atoms with Crippen LogP contribution in [0.15, 0.2) is 4.99 Å². The first kappa shape index (κ1) is 14.3. The summed E-state index contributed by atoms with van der Waals surface area (Å²) in [6.45, 7) is 8.39. The van der Waals surface area contributed by atoms with Gasteiger partial charge in [-0.2, -0.15) is 11.2 Å². The van der Waals surface area contributed by atoms with Crippen LogP contribution in [-0.4, -0.2) is 25.2 Å². The summed E-state index contributed by atoms with van der Waals surface area (Å²) >= 11 is 2.22. The van der Waals surface area contributed by atoms with Gasteiger partial charge in [0.25, 0.3) is 0 Å². The van der Waals surface area contributed by atoms with Gasteiger partial charge in [-0.3, -0.25) is 4.99 Å². The average Bonchev–Trinajstić information content (AvgIpc) is 2.67. The van der Waals surface area contributed by atoms with E-state index in [0.29, 0.717) is 0 Å². The van der Waals surface area contributed by atoms with Crippen LogP contribution in [0.2, 0.25) is 19.6 Å². The van der Waals surface area contributed by atoms with Crippen molar-refractivity contribution in [1.82, 2.24) is 0 Å². The number of nitrogens with zero attached hydrogens (tertiary/aromatic N) is 1. The summed E-state index contributed by atoms with van der Waals surface area (Å²) in [5, 5.41) is 0. The van der Waals surface area contributed by atoms with E-state index < -0.39 is 7.22 Å². The Morgan fingerprint density at radius 2 is 1.75 bits per heavy atom. The zero-order valence-corrected chi connectivity index (χ0v) is 13.0. The highest BCUT2D eigenvalue weighted by molar-refractivity contribution is 8.28. The number of unbranched alkanes of at least 4 members (excludes halogenated alkanes) is 2. The second-order valence-electron chi connectivity index (χ2n) is 5.68. The SMILES string of the molecule is C[Si](C)(C)SCCCCCN=C1CCCC1. The highest BCUT2D eigenvalue weighted by Crippen LogP contribution is 2.20. The Labute approximate surface area is 106 Å². The molecule has 0 N–H and O–H groups in total. The van der Waals surface area contributed by atoms with Crippen molar-refractivity contribution in [3.8, 4) is 0 Å². The van der Waals surface area contributed by atoms with Crippen LogP contribution in [0.3, 0.4) is 0 Å². The van der Waals surface area contributed by atoms with Crippen molar-refractivity contribution < 1.29 is 0 Å². The number of hydrogen-bond acceptors (Lipinski definition) is 2. The first-order chi connectivity index (χ1) is 7.58. The summed E-state index contributed by atoms with van der Waals surface area (Å²) in [7, 11) is -0.858. The van der Waals surface area contributed by atoms with Crippen LogP contribution in [0.4, 0.5) is 0 Å². The van der Waals surface area contributed by atoms with E-state index in [1.807, 2.05) is 0 Å². The van der Waals surface area contributed by atoms with Crippen LogP contribution in [0.5, 0.6) is 0 Å². The van der Waals surface area contributed by atoms with Crippen molar-refractivity contribution in [2.24, 2.45) is 4.99 Å². The van der Waals surface area contributed by atoms with Crippen LogP contribution < -0.4 is 0 Å². The molecule has 1 saturated carbocycles. The Hall–Kier alpha value is 0.237. The van der Waals surface area contributed by atoms with E-state index in [9.17, 15) is 0 Å². The highest BCUT2D eigenvalue weighted by Gasteiger charge is 2.12. The molecule has 0 saturated heterocycles. The minimum Gasteiger partial charge on any atom is -0.294 e. The fourth-order valence-corrected chi connectivity index (χ4v) is 5.18. The molecule has 0 heterocycles. The fraction of sp³-hybridized carbons (Fsp3) is 0.923. The maximum Gasteiger partial charge on any atom is 0.108 e. The van der Waals surface area contributed by atoms with Crippen molar-refractivity contribution >= 4 is 24.1 Å². The second-order valence-corrected chi connectivity index (χ2v) is 15.1. The molecular formula is C13H27NSSi. The van der Waals surface area contributed by atoms with Gasteiger partial charge in [-0.1, -0.05) is 26.1 Å². The minimum absolute atomic E-state index is 0.858. The van der Waals surface area contributed by atoms with Crippen LogP contribution in [0, 0.1) is 0 Å². The molecule has 0 atom stereocenters. The Kier molecular flexibility index (Phi) is 6.74. The molecule has 0 spiro atoms. The predicted molar refractivity (Wildman–Crippen MR) is 80.4 cm³/mol. The molecule has 0 radical (unpaired) electrons. The number of aliphatic imine (C=N–C) groups is 1. The molecule has 0 aromatic rings. The molecule has 0 aliphatic heterocycles. The Morgan fingerprint density at radius 3 is 2.38 bits per heavy atom. The van der Waals surface area contributed by atoms with Gasteiger partial charge in [-0.05, 0) is 44.3 Å². The molecule has 0 aromatic heterocycles. The largest absolute Gasteiger partial charge is 0.294 e. The lowest BCUT2D eigenvalue weighted by atomic mass is 10.2. The molecular weight excluding hydrogens is 230 g/mol. The first-order valence-corrected chi connectivity index (χ1v) is 12.0. The van der Waals surface area contributed by atoms with Gasteiger partial charge in [0.1, 0.15) is 7.22 Å². The first-order valence-electron chi connectivity index (χ1n) is 6.74. The summed E-state index contributed by atoms with van der Waals surface area (Å²) in [5.74, 6) is 1.37. The van der Waals surface area contributed by atoms with Gasteiger partial charge in [0, 0.05) is 12.3 Å². The molecule has 1 nitrogen and oxygen atoms in total. The third kappa shape index (κ3) is 7.50. The molecule has 0 aromatic carbocycles. The van der Waals surface area contributed by atoms with E-state index >= 15 is 0 Å². The van der Waals surface area contributed by atoms with E-state index in [1.54, 1.807) is 0 Å². The number of rotatable bonds is 7. The normalized spacial score (nSPS) is 16.8. The third-order valence-electron chi connectivity index (χ3n) is 2.85. The van der Waals surface area contributed by atoms with E-state index in [2.05, 4.69) is 35.8 Å². The second kappa shape index (κ2) is 7.54. The van der Waals surface area contributed by atoms with Crippen LogP contribution in [-0.2, 0) is 0 Å². The van der Waals surface area contributed by atoms with E-state index in [4.69, 9.17) is 0 Å². The summed E-state index contributed by atoms with van der Waals surface area (Å²) < 4.78 is 0. The molecule has 3 heteroatoms. The quantitative estimate of drug-likeness (QED) is 0.474. The Balaban J connectivity index is 1.90. The van der Waals surface area contributed by atoms with Crippen molar-refractivity contribution in [2.75, 3.05) is 12.3 Å². The Morgan fingerprint density at radius 1 is 1.06 bits per heavy atom. The third-order valence-corrected chi connectivity index (χ3v) is 7.42. The van der Waals surface area contributed by atoms with Gasteiger partial charge in [0.15, 0.2) is 0 Å². The summed E-state index contributed by atoms with van der Waals surface area (Å²) in [4.78, 5) is 4.69. The van der Waals surface area contributed by atoms with Crippen molar-refractivity contribution in [1.29, 1.82) is 0 Å². The smallest absolute Gasteiger partial charge is 0.108 e. The molecule has 1 rings (SSSR count). The summed E-state index contributed by atoms with van der Waals surface area (Å²) in [6.07, 6.45) is 9.39. The monoisotopic (exact) mass is 257 g/mol. The number of hydrogen-bond donors (Lipinski definition) is 0. The fourth-order valence-electron chi connectivity index (χ4n) is 1.95. The van der Waals surface area contributed by atoms with Crippen LogP contribution in [0.25, 0.3) is 0 Å². The predicted octanol–water partition coefficient (Wildman–Crippen LogP) is 4.74. The molecule has 0 amide bonds. The van der Waals surface area contributed by atoms with Crippen molar-refractivity contribution in [3.63, 3.8) is 0 Å². The molecule has 1 aliphatic carbocycles. The molecule has 1 fully saturated rings. The van der Waals surface area contributed by atoms with Crippen LogP contribution in [0.1, 0.15) is 44.9 Å². The van der Waals surface area contributed by atoms with Gasteiger partial charge in [-0.25, -0.2) is 0 Å². The summed E-state index contributed by atoms with van der Waals surface area (Å²) in [5.41, 5.74) is 1.50. The molecule has 0 unspecified atom stereocenters. The Bertz CT molecular complexity index is 212. The van der Waals surface area contributed by atoms with Gasteiger partial charge >= 0.3 is 0 Å². The van der Waals surface area contributed by atoms with E-state index in [1.165, 1.54) is 56.4 Å². The van der Waals surface area contributed by atoms with Crippen molar-refractivity contribution in [2.45, 2.75) is 64.6 Å². The van der Waals surface area contributed by atoms with E-state index in [0.717, 1.165) is 6.54 Å². The van der Waals surface area contributed by atoms with Gasteiger partial charge < -0.3 is 0 Å². The highest BCUT2D eigenvalue weighted by atomic mass is 32.4. The van der Waals surface area contributed by atoms with Gasteiger partial charge in [0.2, 0.25) is 0 Å². The van der Waals surface area contributed by atoms with Gasteiger partial charge in [0.05, 0.1) is 0 Å². The molecule has 16 heavy (non-hydrogen) atoms. The topological polar surface area (TPSA) is 12.4 Å². The maximum atomic E-state index is 4.69. The zero-order chi connectivity index (χ0) is 11.9. The minimum atomic E-state index is -0.858. The van der Waals surface area contributed by atoms with Crippen molar-refractivity contribution in [3.05, 3.63) is 0 Å². The zero-order valence-electron chi connectivity index (χ0n) is 11.2. The van der Waals surface area contributed by atoms with E-state index in [-0.39, 0.29) is 0 Å². The van der Waals surface area contributed by atoms with Gasteiger partial charge in [-0.15, -0.1) is 0 Å².